The number of carbonyl (C=O) groups excluding carboxylic acids is 1. The predicted octanol–water partition coefficient (Wildman–Crippen LogP) is 0.657. The molecular formula is C10H21ClN2O2. The molecule has 0 aromatic rings. The van der Waals surface area contributed by atoms with Gasteiger partial charge in [0.05, 0.1) is 0 Å². The molecule has 15 heavy (non-hydrogen) atoms. The molecule has 1 N–H and O–H groups in total. The highest BCUT2D eigenvalue weighted by molar-refractivity contribution is 5.85. The van der Waals surface area contributed by atoms with Crippen molar-refractivity contribution in [1.82, 2.24) is 10.2 Å². The van der Waals surface area contributed by atoms with Crippen molar-refractivity contribution >= 4 is 18.3 Å². The molecule has 1 aliphatic rings. The van der Waals surface area contributed by atoms with E-state index in [-0.39, 0.29) is 24.9 Å². The third kappa shape index (κ3) is 5.97. The third-order valence-corrected chi connectivity index (χ3v) is 2.27. The largest absolute Gasteiger partial charge is 0.372 e. The van der Waals surface area contributed by atoms with E-state index in [2.05, 4.69) is 5.32 Å². The number of nitrogens with zero attached hydrogens (tertiary/aromatic N) is 1. The number of hydrogen-bond acceptors (Lipinski definition) is 3. The first-order chi connectivity index (χ1) is 6.84. The van der Waals surface area contributed by atoms with Gasteiger partial charge in [0.15, 0.2) is 0 Å². The highest BCUT2D eigenvalue weighted by atomic mass is 35.5. The lowest BCUT2D eigenvalue weighted by molar-refractivity contribution is -0.135. The minimum absolute atomic E-state index is 0. The Hall–Kier alpha value is -0.320. The van der Waals surface area contributed by atoms with Gasteiger partial charge in [0.1, 0.15) is 6.61 Å². The zero-order valence-corrected chi connectivity index (χ0v) is 10.1. The summed E-state index contributed by atoms with van der Waals surface area (Å²) in [6.45, 7) is 6.56. The molecule has 0 aromatic heterocycles. The van der Waals surface area contributed by atoms with Gasteiger partial charge in [-0.3, -0.25) is 4.79 Å². The number of hydrogen-bond donors (Lipinski definition) is 1. The molecule has 1 aliphatic heterocycles. The molecule has 0 bridgehead atoms. The van der Waals surface area contributed by atoms with E-state index < -0.39 is 0 Å². The van der Waals surface area contributed by atoms with Gasteiger partial charge < -0.3 is 15.0 Å². The summed E-state index contributed by atoms with van der Waals surface area (Å²) in [6.07, 6.45) is 2.01. The quantitative estimate of drug-likeness (QED) is 0.730. The second kappa shape index (κ2) is 8.95. The van der Waals surface area contributed by atoms with Gasteiger partial charge in [0.2, 0.25) is 5.91 Å². The van der Waals surface area contributed by atoms with Gasteiger partial charge in [-0.1, -0.05) is 6.92 Å². The van der Waals surface area contributed by atoms with E-state index >= 15 is 0 Å². The molecule has 0 aliphatic carbocycles. The Balaban J connectivity index is 0.00000196. The van der Waals surface area contributed by atoms with Gasteiger partial charge in [0.25, 0.3) is 0 Å². The van der Waals surface area contributed by atoms with E-state index in [1.54, 1.807) is 0 Å². The van der Waals surface area contributed by atoms with Crippen LogP contribution in [0, 0.1) is 0 Å². The molecule has 0 unspecified atom stereocenters. The van der Waals surface area contributed by atoms with E-state index in [1.807, 2.05) is 11.8 Å². The number of carbonyl (C=O) groups is 1. The monoisotopic (exact) mass is 236 g/mol. The molecular weight excluding hydrogens is 216 g/mol. The number of halogens is 1. The van der Waals surface area contributed by atoms with E-state index in [1.165, 1.54) is 0 Å². The molecule has 1 heterocycles. The lowest BCUT2D eigenvalue weighted by atomic mass is 10.4. The van der Waals surface area contributed by atoms with Crippen LogP contribution in [0.4, 0.5) is 0 Å². The first kappa shape index (κ1) is 14.7. The number of ether oxygens (including phenoxy) is 1. The minimum atomic E-state index is 0. The van der Waals surface area contributed by atoms with Crippen LogP contribution >= 0.6 is 12.4 Å². The van der Waals surface area contributed by atoms with Gasteiger partial charge >= 0.3 is 0 Å². The fourth-order valence-electron chi connectivity index (χ4n) is 1.49. The first-order valence-corrected chi connectivity index (χ1v) is 5.41. The van der Waals surface area contributed by atoms with Gasteiger partial charge in [-0.2, -0.15) is 0 Å². The second-order valence-corrected chi connectivity index (χ2v) is 3.54. The Labute approximate surface area is 97.8 Å². The Bertz CT molecular complexity index is 171. The molecule has 1 amide bonds. The number of amides is 1. The average Bonchev–Trinajstić information content (AvgIpc) is 2.46. The summed E-state index contributed by atoms with van der Waals surface area (Å²) < 4.78 is 5.23. The highest BCUT2D eigenvalue weighted by Crippen LogP contribution is 1.96. The SMILES string of the molecule is CCCOCC(=O)N1CCCNCC1.Cl. The van der Waals surface area contributed by atoms with Crippen LogP contribution in [0.25, 0.3) is 0 Å². The summed E-state index contributed by atoms with van der Waals surface area (Å²) in [7, 11) is 0. The molecule has 1 fully saturated rings. The van der Waals surface area contributed by atoms with E-state index in [4.69, 9.17) is 4.74 Å². The van der Waals surface area contributed by atoms with Gasteiger partial charge in [-0.05, 0) is 19.4 Å². The maximum Gasteiger partial charge on any atom is 0.248 e. The van der Waals surface area contributed by atoms with E-state index in [0.29, 0.717) is 6.61 Å². The predicted molar refractivity (Wildman–Crippen MR) is 62.4 cm³/mol. The molecule has 90 valence electrons. The highest BCUT2D eigenvalue weighted by Gasteiger charge is 2.14. The fraction of sp³-hybridized carbons (Fsp3) is 0.900. The molecule has 0 spiro atoms. The summed E-state index contributed by atoms with van der Waals surface area (Å²) in [5.74, 6) is 0.127. The number of rotatable bonds is 4. The Kier molecular flexibility index (Phi) is 8.76. The molecule has 4 nitrogen and oxygen atoms in total. The summed E-state index contributed by atoms with van der Waals surface area (Å²) in [5, 5.41) is 3.26. The van der Waals surface area contributed by atoms with Gasteiger partial charge in [-0.15, -0.1) is 12.4 Å². The topological polar surface area (TPSA) is 41.6 Å². The molecule has 0 aromatic carbocycles. The van der Waals surface area contributed by atoms with Crippen LogP contribution in [0.2, 0.25) is 0 Å². The lowest BCUT2D eigenvalue weighted by Gasteiger charge is -2.19. The molecule has 1 rings (SSSR count). The second-order valence-electron chi connectivity index (χ2n) is 3.54. The molecule has 5 heteroatoms. The van der Waals surface area contributed by atoms with E-state index in [9.17, 15) is 4.79 Å². The van der Waals surface area contributed by atoms with Gasteiger partial charge in [0, 0.05) is 26.2 Å². The Morgan fingerprint density at radius 2 is 2.20 bits per heavy atom. The van der Waals surface area contributed by atoms with Crippen molar-refractivity contribution in [2.75, 3.05) is 39.4 Å². The summed E-state index contributed by atoms with van der Waals surface area (Å²) in [6, 6.07) is 0. The maximum atomic E-state index is 11.6. The van der Waals surface area contributed by atoms with Crippen LogP contribution in [-0.2, 0) is 9.53 Å². The van der Waals surface area contributed by atoms with Crippen molar-refractivity contribution < 1.29 is 9.53 Å². The van der Waals surface area contributed by atoms with Crippen LogP contribution < -0.4 is 5.32 Å². The average molecular weight is 237 g/mol. The smallest absolute Gasteiger partial charge is 0.248 e. The van der Waals surface area contributed by atoms with Crippen LogP contribution in [0.5, 0.6) is 0 Å². The van der Waals surface area contributed by atoms with Crippen molar-refractivity contribution in [2.45, 2.75) is 19.8 Å². The van der Waals surface area contributed by atoms with Crippen LogP contribution in [0.1, 0.15) is 19.8 Å². The third-order valence-electron chi connectivity index (χ3n) is 2.27. The van der Waals surface area contributed by atoms with Crippen molar-refractivity contribution in [3.63, 3.8) is 0 Å². The van der Waals surface area contributed by atoms with Crippen molar-refractivity contribution in [3.8, 4) is 0 Å². The first-order valence-electron chi connectivity index (χ1n) is 5.41. The summed E-state index contributed by atoms with van der Waals surface area (Å²) in [5.41, 5.74) is 0. The molecule has 0 radical (unpaired) electrons. The zero-order chi connectivity index (χ0) is 10.2. The van der Waals surface area contributed by atoms with Crippen molar-refractivity contribution in [3.05, 3.63) is 0 Å². The van der Waals surface area contributed by atoms with Crippen LogP contribution in [0.15, 0.2) is 0 Å². The van der Waals surface area contributed by atoms with Crippen molar-refractivity contribution in [2.24, 2.45) is 0 Å². The standard InChI is InChI=1S/C10H20N2O2.ClH/c1-2-8-14-9-10(13)12-6-3-4-11-5-7-12;/h11H,2-9H2,1H3;1H. The lowest BCUT2D eigenvalue weighted by Crippen LogP contribution is -2.36. The normalized spacial score (nSPS) is 16.7. The minimum Gasteiger partial charge on any atom is -0.372 e. The van der Waals surface area contributed by atoms with E-state index in [0.717, 1.165) is 39.0 Å². The molecule has 1 saturated heterocycles. The molecule has 0 saturated carbocycles. The van der Waals surface area contributed by atoms with Crippen molar-refractivity contribution in [1.29, 1.82) is 0 Å². The zero-order valence-electron chi connectivity index (χ0n) is 9.33. The summed E-state index contributed by atoms with van der Waals surface area (Å²) in [4.78, 5) is 13.5. The summed E-state index contributed by atoms with van der Waals surface area (Å²) >= 11 is 0. The van der Waals surface area contributed by atoms with Crippen LogP contribution in [-0.4, -0.2) is 50.2 Å². The Morgan fingerprint density at radius 3 is 2.93 bits per heavy atom. The Morgan fingerprint density at radius 1 is 1.40 bits per heavy atom. The molecule has 0 atom stereocenters. The maximum absolute atomic E-state index is 11.6. The fourth-order valence-corrected chi connectivity index (χ4v) is 1.49. The van der Waals surface area contributed by atoms with Crippen LogP contribution in [0.3, 0.4) is 0 Å². The number of nitrogens with one attached hydrogen (secondary N) is 1. The van der Waals surface area contributed by atoms with Gasteiger partial charge in [-0.25, -0.2) is 0 Å².